The Hall–Kier alpha value is -0.160. The zero-order valence-electron chi connectivity index (χ0n) is 9.02. The van der Waals surface area contributed by atoms with Crippen LogP contribution in [0.3, 0.4) is 0 Å². The molecule has 0 amide bonds. The molecule has 0 spiro atoms. The first kappa shape index (κ1) is 10.4. The minimum atomic E-state index is 0.189. The van der Waals surface area contributed by atoms with Crippen molar-refractivity contribution in [2.24, 2.45) is 11.5 Å². The Balaban J connectivity index is 1.85. The van der Waals surface area contributed by atoms with Gasteiger partial charge in [-0.25, -0.2) is 0 Å². The molecule has 0 saturated carbocycles. The third-order valence-electron chi connectivity index (χ3n) is 3.65. The smallest absolute Gasteiger partial charge is 0.0334 e. The number of rotatable bonds is 1. The fourth-order valence-corrected chi connectivity index (χ4v) is 2.55. The van der Waals surface area contributed by atoms with Crippen molar-refractivity contribution in [3.8, 4) is 0 Å². The Morgan fingerprint density at radius 1 is 1.00 bits per heavy atom. The topological polar surface area (TPSA) is 58.5 Å². The van der Waals surface area contributed by atoms with Gasteiger partial charge in [0.1, 0.15) is 0 Å². The van der Waals surface area contributed by atoms with Crippen LogP contribution in [0.15, 0.2) is 0 Å². The van der Waals surface area contributed by atoms with Gasteiger partial charge in [0, 0.05) is 31.2 Å². The first-order valence-electron chi connectivity index (χ1n) is 5.60. The maximum absolute atomic E-state index is 5.93. The molecule has 0 radical (unpaired) electrons. The van der Waals surface area contributed by atoms with Crippen LogP contribution in [-0.4, -0.2) is 61.2 Å². The lowest BCUT2D eigenvalue weighted by Gasteiger charge is -2.35. The van der Waals surface area contributed by atoms with E-state index in [1.54, 1.807) is 0 Å². The van der Waals surface area contributed by atoms with Crippen molar-refractivity contribution in [1.82, 2.24) is 9.80 Å². The quantitative estimate of drug-likeness (QED) is 0.570. The summed E-state index contributed by atoms with van der Waals surface area (Å²) < 4.78 is 0. The zero-order valence-corrected chi connectivity index (χ0v) is 9.02. The van der Waals surface area contributed by atoms with Crippen LogP contribution >= 0.6 is 0 Å². The van der Waals surface area contributed by atoms with E-state index in [9.17, 15) is 0 Å². The Morgan fingerprint density at radius 3 is 2.00 bits per heavy atom. The molecule has 2 saturated heterocycles. The molecule has 2 heterocycles. The summed E-state index contributed by atoms with van der Waals surface area (Å²) in [4.78, 5) is 4.88. The van der Waals surface area contributed by atoms with Crippen LogP contribution in [0.2, 0.25) is 0 Å². The molecule has 2 atom stereocenters. The van der Waals surface area contributed by atoms with Gasteiger partial charge in [0.2, 0.25) is 0 Å². The second kappa shape index (κ2) is 4.14. The van der Waals surface area contributed by atoms with E-state index in [0.717, 1.165) is 19.1 Å². The predicted molar refractivity (Wildman–Crippen MR) is 58.0 cm³/mol. The van der Waals surface area contributed by atoms with Crippen molar-refractivity contribution in [2.45, 2.75) is 31.0 Å². The van der Waals surface area contributed by atoms with Gasteiger partial charge in [-0.15, -0.1) is 0 Å². The standard InChI is InChI=1S/C10H22N4/c1-13-4-2-8(3-5-13)14-6-9(11)10(12)7-14/h8-10H,2-7,11-12H2,1H3/t9-,10+. The van der Waals surface area contributed by atoms with E-state index < -0.39 is 0 Å². The Morgan fingerprint density at radius 2 is 1.50 bits per heavy atom. The van der Waals surface area contributed by atoms with Gasteiger partial charge in [0.15, 0.2) is 0 Å². The molecular weight excluding hydrogens is 176 g/mol. The summed E-state index contributed by atoms with van der Waals surface area (Å²) >= 11 is 0. The third-order valence-corrected chi connectivity index (χ3v) is 3.65. The largest absolute Gasteiger partial charge is 0.325 e. The second-order valence-corrected chi connectivity index (χ2v) is 4.82. The summed E-state index contributed by atoms with van der Waals surface area (Å²) in [5, 5.41) is 0. The summed E-state index contributed by atoms with van der Waals surface area (Å²) in [6.07, 6.45) is 2.55. The lowest BCUT2D eigenvalue weighted by molar-refractivity contribution is 0.141. The summed E-state index contributed by atoms with van der Waals surface area (Å²) in [6.45, 7) is 4.42. The fourth-order valence-electron chi connectivity index (χ4n) is 2.55. The third kappa shape index (κ3) is 2.08. The normalized spacial score (nSPS) is 37.9. The molecule has 0 unspecified atom stereocenters. The molecule has 2 aliphatic heterocycles. The Bertz CT molecular complexity index is 179. The molecule has 0 aromatic rings. The molecule has 14 heavy (non-hydrogen) atoms. The minimum Gasteiger partial charge on any atom is -0.325 e. The number of nitrogens with zero attached hydrogens (tertiary/aromatic N) is 2. The maximum Gasteiger partial charge on any atom is 0.0334 e. The van der Waals surface area contributed by atoms with Crippen molar-refractivity contribution in [1.29, 1.82) is 0 Å². The number of nitrogens with two attached hydrogens (primary N) is 2. The summed E-state index contributed by atoms with van der Waals surface area (Å²) in [6, 6.07) is 1.11. The molecule has 2 rings (SSSR count). The van der Waals surface area contributed by atoms with Crippen molar-refractivity contribution in [2.75, 3.05) is 33.2 Å². The highest BCUT2D eigenvalue weighted by Crippen LogP contribution is 2.19. The van der Waals surface area contributed by atoms with Crippen LogP contribution in [0, 0.1) is 0 Å². The highest BCUT2D eigenvalue weighted by atomic mass is 15.2. The van der Waals surface area contributed by atoms with Gasteiger partial charge < -0.3 is 16.4 Å². The lowest BCUT2D eigenvalue weighted by Crippen LogP contribution is -2.43. The number of hydrogen-bond acceptors (Lipinski definition) is 4. The SMILES string of the molecule is CN1CCC(N2C[C@@H](N)[C@@H](N)C2)CC1. The molecule has 0 aromatic heterocycles. The molecule has 4 heteroatoms. The first-order valence-corrected chi connectivity index (χ1v) is 5.60. The number of likely N-dealkylation sites (tertiary alicyclic amines) is 2. The Labute approximate surface area is 86.2 Å². The van der Waals surface area contributed by atoms with Crippen LogP contribution in [-0.2, 0) is 0 Å². The molecule has 2 aliphatic rings. The van der Waals surface area contributed by atoms with Gasteiger partial charge in [-0.1, -0.05) is 0 Å². The van der Waals surface area contributed by atoms with Crippen LogP contribution < -0.4 is 11.5 Å². The highest BCUT2D eigenvalue weighted by Gasteiger charge is 2.32. The Kier molecular flexibility index (Phi) is 3.07. The number of hydrogen-bond donors (Lipinski definition) is 2. The molecular formula is C10H22N4. The maximum atomic E-state index is 5.93. The van der Waals surface area contributed by atoms with E-state index in [-0.39, 0.29) is 12.1 Å². The second-order valence-electron chi connectivity index (χ2n) is 4.82. The van der Waals surface area contributed by atoms with E-state index in [0.29, 0.717) is 0 Å². The van der Waals surface area contributed by atoms with Gasteiger partial charge in [-0.2, -0.15) is 0 Å². The van der Waals surface area contributed by atoms with E-state index in [4.69, 9.17) is 11.5 Å². The van der Waals surface area contributed by atoms with Crippen molar-refractivity contribution in [3.63, 3.8) is 0 Å². The van der Waals surface area contributed by atoms with E-state index in [1.807, 2.05) is 0 Å². The average Bonchev–Trinajstić information content (AvgIpc) is 2.48. The van der Waals surface area contributed by atoms with Crippen LogP contribution in [0.25, 0.3) is 0 Å². The first-order chi connectivity index (χ1) is 6.66. The highest BCUT2D eigenvalue weighted by molar-refractivity contribution is 4.93. The van der Waals surface area contributed by atoms with Crippen molar-refractivity contribution >= 4 is 0 Å². The summed E-state index contributed by atoms with van der Waals surface area (Å²) in [7, 11) is 2.19. The van der Waals surface area contributed by atoms with Crippen LogP contribution in [0.4, 0.5) is 0 Å². The van der Waals surface area contributed by atoms with Crippen molar-refractivity contribution in [3.05, 3.63) is 0 Å². The number of piperidine rings is 1. The molecule has 0 aliphatic carbocycles. The molecule has 4 N–H and O–H groups in total. The molecule has 0 aromatic carbocycles. The molecule has 2 fully saturated rings. The summed E-state index contributed by atoms with van der Waals surface area (Å²) in [5.41, 5.74) is 11.9. The van der Waals surface area contributed by atoms with Crippen molar-refractivity contribution < 1.29 is 0 Å². The molecule has 82 valence electrons. The van der Waals surface area contributed by atoms with Gasteiger partial charge >= 0.3 is 0 Å². The fraction of sp³-hybridized carbons (Fsp3) is 1.00. The zero-order chi connectivity index (χ0) is 10.1. The van der Waals surface area contributed by atoms with Crippen LogP contribution in [0.5, 0.6) is 0 Å². The van der Waals surface area contributed by atoms with Gasteiger partial charge in [-0.3, -0.25) is 4.90 Å². The minimum absolute atomic E-state index is 0.189. The van der Waals surface area contributed by atoms with E-state index in [1.165, 1.54) is 25.9 Å². The summed E-state index contributed by atoms with van der Waals surface area (Å²) in [5.74, 6) is 0. The lowest BCUT2D eigenvalue weighted by atomic mass is 10.0. The average molecular weight is 198 g/mol. The van der Waals surface area contributed by atoms with Gasteiger partial charge in [0.05, 0.1) is 0 Å². The monoisotopic (exact) mass is 198 g/mol. The predicted octanol–water partition coefficient (Wildman–Crippen LogP) is -0.949. The van der Waals surface area contributed by atoms with Gasteiger partial charge in [-0.05, 0) is 33.0 Å². The molecule has 0 bridgehead atoms. The molecule has 4 nitrogen and oxygen atoms in total. The van der Waals surface area contributed by atoms with Gasteiger partial charge in [0.25, 0.3) is 0 Å². The van der Waals surface area contributed by atoms with Crippen LogP contribution in [0.1, 0.15) is 12.8 Å². The van der Waals surface area contributed by atoms with E-state index in [2.05, 4.69) is 16.8 Å². The van der Waals surface area contributed by atoms with E-state index >= 15 is 0 Å².